The SMILES string of the molecule is COC(=O)C1(CC(C)(C)C)COC1. The maximum atomic E-state index is 11.5. The Labute approximate surface area is 79.4 Å². The van der Waals surface area contributed by atoms with E-state index in [0.717, 1.165) is 6.42 Å². The molecule has 0 aromatic heterocycles. The normalized spacial score (nSPS) is 20.6. The van der Waals surface area contributed by atoms with Crippen molar-refractivity contribution in [3.63, 3.8) is 0 Å². The van der Waals surface area contributed by atoms with Gasteiger partial charge in [-0.2, -0.15) is 0 Å². The van der Waals surface area contributed by atoms with Gasteiger partial charge in [0.25, 0.3) is 0 Å². The summed E-state index contributed by atoms with van der Waals surface area (Å²) in [5, 5.41) is 0. The second-order valence-corrected chi connectivity index (χ2v) is 5.00. The van der Waals surface area contributed by atoms with Gasteiger partial charge in [-0.25, -0.2) is 0 Å². The minimum Gasteiger partial charge on any atom is -0.468 e. The van der Waals surface area contributed by atoms with E-state index in [1.807, 2.05) is 0 Å². The van der Waals surface area contributed by atoms with Gasteiger partial charge in [0, 0.05) is 0 Å². The molecule has 76 valence electrons. The molecule has 0 aromatic rings. The lowest BCUT2D eigenvalue weighted by Gasteiger charge is -2.42. The molecule has 1 aliphatic heterocycles. The van der Waals surface area contributed by atoms with Crippen LogP contribution in [0, 0.1) is 10.8 Å². The van der Waals surface area contributed by atoms with Crippen LogP contribution in [0.3, 0.4) is 0 Å². The first-order chi connectivity index (χ1) is 5.90. The Hall–Kier alpha value is -0.570. The highest BCUT2D eigenvalue weighted by Crippen LogP contribution is 2.40. The summed E-state index contributed by atoms with van der Waals surface area (Å²) in [7, 11) is 1.44. The van der Waals surface area contributed by atoms with Crippen molar-refractivity contribution >= 4 is 5.97 Å². The Balaban J connectivity index is 2.65. The van der Waals surface area contributed by atoms with Crippen LogP contribution in [0.25, 0.3) is 0 Å². The number of carbonyl (C=O) groups excluding carboxylic acids is 1. The summed E-state index contributed by atoms with van der Waals surface area (Å²) in [5.74, 6) is -0.131. The van der Waals surface area contributed by atoms with Crippen molar-refractivity contribution in [1.82, 2.24) is 0 Å². The van der Waals surface area contributed by atoms with E-state index < -0.39 is 0 Å². The third-order valence-corrected chi connectivity index (χ3v) is 2.24. The number of hydrogen-bond acceptors (Lipinski definition) is 3. The van der Waals surface area contributed by atoms with Crippen LogP contribution in [-0.2, 0) is 14.3 Å². The number of methoxy groups -OCH3 is 1. The Morgan fingerprint density at radius 3 is 2.23 bits per heavy atom. The molecule has 1 saturated heterocycles. The lowest BCUT2D eigenvalue weighted by molar-refractivity contribution is -0.189. The molecule has 0 amide bonds. The van der Waals surface area contributed by atoms with Crippen molar-refractivity contribution in [1.29, 1.82) is 0 Å². The molecule has 0 N–H and O–H groups in total. The summed E-state index contributed by atoms with van der Waals surface area (Å²) < 4.78 is 9.89. The van der Waals surface area contributed by atoms with Gasteiger partial charge in [-0.3, -0.25) is 4.79 Å². The molecule has 0 spiro atoms. The second-order valence-electron chi connectivity index (χ2n) is 5.00. The zero-order chi connectivity index (χ0) is 10.1. The van der Waals surface area contributed by atoms with Crippen LogP contribution < -0.4 is 0 Å². The molecule has 1 aliphatic rings. The fourth-order valence-electron chi connectivity index (χ4n) is 1.87. The van der Waals surface area contributed by atoms with Gasteiger partial charge in [0.1, 0.15) is 5.41 Å². The third-order valence-electron chi connectivity index (χ3n) is 2.24. The largest absolute Gasteiger partial charge is 0.468 e. The molecule has 13 heavy (non-hydrogen) atoms. The first kappa shape index (κ1) is 10.5. The van der Waals surface area contributed by atoms with Gasteiger partial charge in [-0.05, 0) is 11.8 Å². The van der Waals surface area contributed by atoms with Crippen LogP contribution >= 0.6 is 0 Å². The zero-order valence-electron chi connectivity index (χ0n) is 8.85. The highest BCUT2D eigenvalue weighted by molar-refractivity contribution is 5.78. The average molecular weight is 186 g/mol. The number of esters is 1. The van der Waals surface area contributed by atoms with Crippen molar-refractivity contribution < 1.29 is 14.3 Å². The van der Waals surface area contributed by atoms with Gasteiger partial charge >= 0.3 is 5.97 Å². The molecule has 1 heterocycles. The van der Waals surface area contributed by atoms with E-state index >= 15 is 0 Å². The lowest BCUT2D eigenvalue weighted by atomic mass is 9.72. The number of hydrogen-bond donors (Lipinski definition) is 0. The van der Waals surface area contributed by atoms with Crippen LogP contribution in [0.1, 0.15) is 27.2 Å². The first-order valence-electron chi connectivity index (χ1n) is 4.56. The van der Waals surface area contributed by atoms with E-state index in [9.17, 15) is 4.79 Å². The first-order valence-corrected chi connectivity index (χ1v) is 4.56. The fourth-order valence-corrected chi connectivity index (χ4v) is 1.87. The van der Waals surface area contributed by atoms with Gasteiger partial charge in [-0.1, -0.05) is 20.8 Å². The van der Waals surface area contributed by atoms with Crippen LogP contribution in [0.5, 0.6) is 0 Å². The van der Waals surface area contributed by atoms with Crippen molar-refractivity contribution in [2.75, 3.05) is 20.3 Å². The summed E-state index contributed by atoms with van der Waals surface area (Å²) >= 11 is 0. The molecular formula is C10H18O3. The maximum absolute atomic E-state index is 11.5. The summed E-state index contributed by atoms with van der Waals surface area (Å²) in [5.41, 5.74) is -0.231. The van der Waals surface area contributed by atoms with Gasteiger partial charge in [0.2, 0.25) is 0 Å². The zero-order valence-corrected chi connectivity index (χ0v) is 8.85. The topological polar surface area (TPSA) is 35.5 Å². The molecule has 0 atom stereocenters. The summed E-state index contributed by atoms with van der Waals surface area (Å²) in [4.78, 5) is 11.5. The summed E-state index contributed by atoms with van der Waals surface area (Å²) in [6.45, 7) is 7.38. The van der Waals surface area contributed by atoms with Crippen LogP contribution in [0.4, 0.5) is 0 Å². The van der Waals surface area contributed by atoms with Gasteiger partial charge in [0.15, 0.2) is 0 Å². The Morgan fingerprint density at radius 1 is 1.46 bits per heavy atom. The molecule has 0 aromatic carbocycles. The Morgan fingerprint density at radius 2 is 2.00 bits per heavy atom. The van der Waals surface area contributed by atoms with E-state index in [1.165, 1.54) is 7.11 Å². The lowest BCUT2D eigenvalue weighted by Crippen LogP contribution is -2.51. The molecule has 0 radical (unpaired) electrons. The number of ether oxygens (including phenoxy) is 2. The van der Waals surface area contributed by atoms with Crippen LogP contribution in [0.2, 0.25) is 0 Å². The number of rotatable bonds is 2. The van der Waals surface area contributed by atoms with Crippen molar-refractivity contribution in [2.24, 2.45) is 10.8 Å². The Bertz CT molecular complexity index is 199. The molecule has 1 fully saturated rings. The molecule has 0 saturated carbocycles. The van der Waals surface area contributed by atoms with E-state index in [2.05, 4.69) is 20.8 Å². The molecule has 3 heteroatoms. The van der Waals surface area contributed by atoms with Gasteiger partial charge in [0.05, 0.1) is 20.3 Å². The molecular weight excluding hydrogens is 168 g/mol. The molecule has 0 unspecified atom stereocenters. The molecule has 3 nitrogen and oxygen atoms in total. The summed E-state index contributed by atoms with van der Waals surface area (Å²) in [6.07, 6.45) is 0.826. The van der Waals surface area contributed by atoms with E-state index in [1.54, 1.807) is 0 Å². The van der Waals surface area contributed by atoms with Gasteiger partial charge in [-0.15, -0.1) is 0 Å². The summed E-state index contributed by atoms with van der Waals surface area (Å²) in [6, 6.07) is 0. The average Bonchev–Trinajstić information content (AvgIpc) is 1.93. The van der Waals surface area contributed by atoms with Crippen LogP contribution in [-0.4, -0.2) is 26.3 Å². The quantitative estimate of drug-likeness (QED) is 0.615. The second kappa shape index (κ2) is 3.29. The van der Waals surface area contributed by atoms with Gasteiger partial charge < -0.3 is 9.47 Å². The smallest absolute Gasteiger partial charge is 0.316 e. The minimum atomic E-state index is -0.368. The van der Waals surface area contributed by atoms with Crippen molar-refractivity contribution in [3.05, 3.63) is 0 Å². The highest BCUT2D eigenvalue weighted by Gasteiger charge is 2.49. The van der Waals surface area contributed by atoms with E-state index in [0.29, 0.717) is 13.2 Å². The molecule has 0 aliphatic carbocycles. The standard InChI is InChI=1S/C10H18O3/c1-9(2,3)5-10(6-13-7-10)8(11)12-4/h5-7H2,1-4H3. The predicted octanol–water partition coefficient (Wildman–Crippen LogP) is 1.61. The monoisotopic (exact) mass is 186 g/mol. The predicted molar refractivity (Wildman–Crippen MR) is 49.3 cm³/mol. The van der Waals surface area contributed by atoms with E-state index in [4.69, 9.17) is 9.47 Å². The number of carbonyl (C=O) groups is 1. The Kier molecular flexibility index (Phi) is 2.66. The van der Waals surface area contributed by atoms with Crippen LogP contribution in [0.15, 0.2) is 0 Å². The van der Waals surface area contributed by atoms with E-state index in [-0.39, 0.29) is 16.8 Å². The third kappa shape index (κ3) is 2.21. The molecule has 0 bridgehead atoms. The fraction of sp³-hybridized carbons (Fsp3) is 0.900. The maximum Gasteiger partial charge on any atom is 0.316 e. The minimum absolute atomic E-state index is 0.131. The van der Waals surface area contributed by atoms with Crippen molar-refractivity contribution in [3.8, 4) is 0 Å². The molecule has 1 rings (SSSR count). The van der Waals surface area contributed by atoms with Crippen molar-refractivity contribution in [2.45, 2.75) is 27.2 Å². The highest BCUT2D eigenvalue weighted by atomic mass is 16.5.